The fourth-order valence-corrected chi connectivity index (χ4v) is 4.32. The van der Waals surface area contributed by atoms with E-state index in [0.29, 0.717) is 13.0 Å². The molecule has 1 saturated heterocycles. The lowest BCUT2D eigenvalue weighted by Gasteiger charge is -2.39. The van der Waals surface area contributed by atoms with Crippen molar-refractivity contribution in [1.82, 2.24) is 14.8 Å². The van der Waals surface area contributed by atoms with Crippen molar-refractivity contribution >= 4 is 16.8 Å². The molecule has 1 aliphatic rings. The van der Waals surface area contributed by atoms with E-state index >= 15 is 0 Å². The molecule has 2 heterocycles. The highest BCUT2D eigenvalue weighted by Gasteiger charge is 2.38. The van der Waals surface area contributed by atoms with Crippen molar-refractivity contribution in [2.24, 2.45) is 0 Å². The topological polar surface area (TPSA) is 39.3 Å². The van der Waals surface area contributed by atoms with E-state index in [2.05, 4.69) is 22.0 Å². The Kier molecular flexibility index (Phi) is 6.32. The largest absolute Gasteiger partial charge is 0.406 e. The first-order chi connectivity index (χ1) is 14.9. The van der Waals surface area contributed by atoms with Crippen LogP contribution in [0.5, 0.6) is 0 Å². The van der Waals surface area contributed by atoms with Crippen LogP contribution in [-0.2, 0) is 6.42 Å². The molecule has 1 unspecified atom stereocenters. The van der Waals surface area contributed by atoms with Crippen molar-refractivity contribution < 1.29 is 18.0 Å². The minimum Gasteiger partial charge on any atom is -0.351 e. The minimum absolute atomic E-state index is 0.201. The highest BCUT2D eigenvalue weighted by Crippen LogP contribution is 2.25. The molecule has 1 aromatic heterocycles. The molecule has 1 fully saturated rings. The number of nitrogens with one attached hydrogen (secondary N) is 1. The molecule has 7 heteroatoms. The normalized spacial score (nSPS) is 17.7. The number of H-pyrrole nitrogens is 1. The lowest BCUT2D eigenvalue weighted by molar-refractivity contribution is -0.146. The second-order valence-electron chi connectivity index (χ2n) is 8.15. The maximum absolute atomic E-state index is 13.4. The number of para-hydroxylation sites is 1. The van der Waals surface area contributed by atoms with Gasteiger partial charge in [0.05, 0.1) is 0 Å². The van der Waals surface area contributed by atoms with Crippen LogP contribution in [0.15, 0.2) is 60.7 Å². The van der Waals surface area contributed by atoms with E-state index in [-0.39, 0.29) is 5.69 Å². The summed E-state index contributed by atoms with van der Waals surface area (Å²) < 4.78 is 40.2. The number of aromatic amines is 1. The molecular weight excluding hydrogens is 403 g/mol. The molecule has 0 bridgehead atoms. The molecule has 4 rings (SSSR count). The van der Waals surface area contributed by atoms with Crippen LogP contribution in [0, 0.1) is 0 Å². The number of aromatic nitrogens is 1. The molecule has 0 saturated carbocycles. The van der Waals surface area contributed by atoms with E-state index in [0.717, 1.165) is 41.7 Å². The van der Waals surface area contributed by atoms with E-state index in [1.54, 1.807) is 6.07 Å². The monoisotopic (exact) mass is 429 g/mol. The van der Waals surface area contributed by atoms with Gasteiger partial charge in [0.15, 0.2) is 0 Å². The molecule has 0 spiro atoms. The number of carbonyl (C=O) groups excluding carboxylic acids is 1. The second kappa shape index (κ2) is 9.14. The number of halogens is 3. The average Bonchev–Trinajstić information content (AvgIpc) is 3.20. The van der Waals surface area contributed by atoms with Crippen LogP contribution in [0.25, 0.3) is 10.9 Å². The van der Waals surface area contributed by atoms with Gasteiger partial charge in [0.25, 0.3) is 5.91 Å². The van der Waals surface area contributed by atoms with Gasteiger partial charge in [0, 0.05) is 30.0 Å². The zero-order valence-electron chi connectivity index (χ0n) is 17.2. The Morgan fingerprint density at radius 1 is 1.10 bits per heavy atom. The zero-order valence-corrected chi connectivity index (χ0v) is 17.2. The first-order valence-electron chi connectivity index (χ1n) is 10.6. The van der Waals surface area contributed by atoms with Gasteiger partial charge in [-0.25, -0.2) is 0 Å². The molecule has 3 aromatic rings. The summed E-state index contributed by atoms with van der Waals surface area (Å²) in [6.07, 6.45) is -2.27. The van der Waals surface area contributed by atoms with Crippen LogP contribution in [0.4, 0.5) is 13.2 Å². The Hall–Kier alpha value is -2.80. The molecule has 31 heavy (non-hydrogen) atoms. The standard InChI is InChI=1S/C24H26F3N3O/c25-24(26,27)17-30(23(31)22-15-19-9-4-5-11-21(19)28-22)20-10-6-13-29(16-20)14-12-18-7-2-1-3-8-18/h1-5,7-9,11,15,20,28H,6,10,12-14,16-17H2. The van der Waals surface area contributed by atoms with E-state index in [1.165, 1.54) is 5.56 Å². The minimum atomic E-state index is -4.45. The number of amides is 1. The van der Waals surface area contributed by atoms with E-state index in [9.17, 15) is 18.0 Å². The third-order valence-electron chi connectivity index (χ3n) is 5.85. The van der Waals surface area contributed by atoms with Crippen LogP contribution in [0.2, 0.25) is 0 Å². The van der Waals surface area contributed by atoms with Crippen molar-refractivity contribution in [1.29, 1.82) is 0 Å². The first-order valence-corrected chi connectivity index (χ1v) is 10.6. The predicted octanol–water partition coefficient (Wildman–Crippen LogP) is 4.88. The van der Waals surface area contributed by atoms with Gasteiger partial charge in [-0.05, 0) is 43.5 Å². The Morgan fingerprint density at radius 3 is 2.58 bits per heavy atom. The lowest BCUT2D eigenvalue weighted by Crippen LogP contribution is -2.53. The number of rotatable bonds is 6. The summed E-state index contributed by atoms with van der Waals surface area (Å²) in [4.78, 5) is 19.3. The molecule has 4 nitrogen and oxygen atoms in total. The van der Waals surface area contributed by atoms with E-state index < -0.39 is 24.7 Å². The number of alkyl halides is 3. The number of nitrogens with zero attached hydrogens (tertiary/aromatic N) is 2. The van der Waals surface area contributed by atoms with Crippen LogP contribution >= 0.6 is 0 Å². The van der Waals surface area contributed by atoms with Crippen molar-refractivity contribution in [3.63, 3.8) is 0 Å². The zero-order chi connectivity index (χ0) is 21.8. The Morgan fingerprint density at radius 2 is 1.84 bits per heavy atom. The van der Waals surface area contributed by atoms with E-state index in [4.69, 9.17) is 0 Å². The lowest BCUT2D eigenvalue weighted by atomic mass is 10.0. The quantitative estimate of drug-likeness (QED) is 0.607. The van der Waals surface area contributed by atoms with Gasteiger partial charge in [-0.3, -0.25) is 4.79 Å². The SMILES string of the molecule is O=C(c1cc2ccccc2[nH]1)N(CC(F)(F)F)C1CCCN(CCc2ccccc2)C1. The summed E-state index contributed by atoms with van der Waals surface area (Å²) >= 11 is 0. The summed E-state index contributed by atoms with van der Waals surface area (Å²) in [5.74, 6) is -0.594. The third kappa shape index (κ3) is 5.47. The first kappa shape index (κ1) is 21.4. The third-order valence-corrected chi connectivity index (χ3v) is 5.85. The van der Waals surface area contributed by atoms with Crippen LogP contribution in [-0.4, -0.2) is 59.1 Å². The van der Waals surface area contributed by atoms with Gasteiger partial charge in [-0.2, -0.15) is 13.2 Å². The van der Waals surface area contributed by atoms with Crippen molar-refractivity contribution in [2.45, 2.75) is 31.5 Å². The van der Waals surface area contributed by atoms with Gasteiger partial charge >= 0.3 is 6.18 Å². The maximum atomic E-state index is 13.4. The predicted molar refractivity (Wildman–Crippen MR) is 115 cm³/mol. The summed E-state index contributed by atoms with van der Waals surface area (Å²) in [5, 5.41) is 0.811. The number of piperidine rings is 1. The highest BCUT2D eigenvalue weighted by molar-refractivity contribution is 5.98. The molecule has 1 aliphatic heterocycles. The van der Waals surface area contributed by atoms with Gasteiger partial charge in [-0.1, -0.05) is 48.5 Å². The highest BCUT2D eigenvalue weighted by atomic mass is 19.4. The number of likely N-dealkylation sites (tertiary alicyclic amines) is 1. The van der Waals surface area contributed by atoms with Gasteiger partial charge in [0.2, 0.25) is 0 Å². The summed E-state index contributed by atoms with van der Waals surface area (Å²) in [6, 6.07) is 18.5. The summed E-state index contributed by atoms with van der Waals surface area (Å²) in [6.45, 7) is 0.817. The number of benzene rings is 2. The summed E-state index contributed by atoms with van der Waals surface area (Å²) in [5.41, 5.74) is 2.14. The number of hydrogen-bond donors (Lipinski definition) is 1. The molecule has 2 aromatic carbocycles. The number of carbonyl (C=O) groups is 1. The Balaban J connectivity index is 1.50. The van der Waals surface area contributed by atoms with Crippen molar-refractivity contribution in [3.05, 3.63) is 71.9 Å². The maximum Gasteiger partial charge on any atom is 0.406 e. The summed E-state index contributed by atoms with van der Waals surface area (Å²) in [7, 11) is 0. The number of hydrogen-bond acceptors (Lipinski definition) is 2. The molecule has 0 radical (unpaired) electrons. The molecular formula is C24H26F3N3O. The van der Waals surface area contributed by atoms with Gasteiger partial charge in [0.1, 0.15) is 12.2 Å². The number of fused-ring (bicyclic) bond motifs is 1. The van der Waals surface area contributed by atoms with Crippen LogP contribution < -0.4 is 0 Å². The average molecular weight is 429 g/mol. The fraction of sp³-hybridized carbons (Fsp3) is 0.375. The Bertz CT molecular complexity index is 983. The Labute approximate surface area is 179 Å². The molecule has 0 aliphatic carbocycles. The molecule has 1 N–H and O–H groups in total. The van der Waals surface area contributed by atoms with Crippen LogP contribution in [0.3, 0.4) is 0 Å². The second-order valence-corrected chi connectivity index (χ2v) is 8.15. The molecule has 1 amide bonds. The van der Waals surface area contributed by atoms with Crippen molar-refractivity contribution in [2.75, 3.05) is 26.2 Å². The van der Waals surface area contributed by atoms with Gasteiger partial charge in [-0.15, -0.1) is 0 Å². The smallest absolute Gasteiger partial charge is 0.351 e. The van der Waals surface area contributed by atoms with Crippen LogP contribution in [0.1, 0.15) is 28.9 Å². The fourth-order valence-electron chi connectivity index (χ4n) is 4.32. The van der Waals surface area contributed by atoms with Crippen molar-refractivity contribution in [3.8, 4) is 0 Å². The molecule has 164 valence electrons. The molecule has 1 atom stereocenters. The van der Waals surface area contributed by atoms with Gasteiger partial charge < -0.3 is 14.8 Å². The van der Waals surface area contributed by atoms with E-state index in [1.807, 2.05) is 42.5 Å².